The molecular formula is C41H53ClN4O6S. The Bertz CT molecular complexity index is 1860. The maximum atomic E-state index is 13.6. The third-order valence-electron chi connectivity index (χ3n) is 13.3. The summed E-state index contributed by atoms with van der Waals surface area (Å²) in [5.41, 5.74) is 3.29. The van der Waals surface area contributed by atoms with Gasteiger partial charge in [0.05, 0.1) is 23.6 Å². The lowest BCUT2D eigenvalue weighted by atomic mass is 9.68. The average Bonchev–Trinajstić information content (AvgIpc) is 3.58. The molecule has 53 heavy (non-hydrogen) atoms. The van der Waals surface area contributed by atoms with Gasteiger partial charge in [-0.05, 0) is 131 Å². The van der Waals surface area contributed by atoms with Crippen LogP contribution in [0.1, 0.15) is 80.3 Å². The molecule has 8 rings (SSSR count). The zero-order valence-electron chi connectivity index (χ0n) is 31.0. The normalized spacial score (nSPS) is 32.4. The number of sulfonamides is 1. The molecule has 10 nitrogen and oxygen atoms in total. The highest BCUT2D eigenvalue weighted by Gasteiger charge is 2.45. The van der Waals surface area contributed by atoms with E-state index in [1.54, 1.807) is 19.1 Å². The summed E-state index contributed by atoms with van der Waals surface area (Å²) >= 11 is 6.47. The number of amides is 2. The van der Waals surface area contributed by atoms with Gasteiger partial charge in [0, 0.05) is 48.2 Å². The van der Waals surface area contributed by atoms with Crippen LogP contribution >= 0.6 is 11.6 Å². The minimum atomic E-state index is -3.97. The maximum Gasteiger partial charge on any atom is 0.264 e. The molecule has 12 heteroatoms. The molecule has 1 N–H and O–H groups in total. The summed E-state index contributed by atoms with van der Waals surface area (Å²) in [7, 11) is -3.97. The third kappa shape index (κ3) is 7.35. The fourth-order valence-electron chi connectivity index (χ4n) is 9.58. The average molecular weight is 765 g/mol. The topological polar surface area (TPSA) is 108 Å². The van der Waals surface area contributed by atoms with Crippen LogP contribution in [0.25, 0.3) is 0 Å². The van der Waals surface area contributed by atoms with Crippen molar-refractivity contribution in [2.45, 2.75) is 88.0 Å². The predicted molar refractivity (Wildman–Crippen MR) is 206 cm³/mol. The zero-order valence-corrected chi connectivity index (χ0v) is 32.5. The molecule has 2 aliphatic carbocycles. The molecule has 286 valence electrons. The predicted octanol–water partition coefficient (Wildman–Crippen LogP) is 5.58. The largest absolute Gasteiger partial charge is 0.490 e. The fourth-order valence-corrected chi connectivity index (χ4v) is 11.1. The Morgan fingerprint density at radius 3 is 2.64 bits per heavy atom. The molecule has 2 bridgehead atoms. The molecule has 4 aliphatic heterocycles. The van der Waals surface area contributed by atoms with Crippen LogP contribution in [0.15, 0.2) is 48.6 Å². The quantitative estimate of drug-likeness (QED) is 0.403. The number of benzene rings is 2. The van der Waals surface area contributed by atoms with Gasteiger partial charge >= 0.3 is 0 Å². The molecule has 0 aromatic heterocycles. The van der Waals surface area contributed by atoms with Gasteiger partial charge in [-0.3, -0.25) is 14.5 Å². The first kappa shape index (κ1) is 36.8. The lowest BCUT2D eigenvalue weighted by Crippen LogP contribution is -2.61. The standard InChI is InChI=1S/C41H53ClN4O6S/c1-27-7-5-9-37(51-24-39(47)45-22-33(23-45)44-17-3-4-18-44)34-13-10-31(34)21-46-25-41(16-6-8-29-19-32(42)12-14-35(29)41)26-52-38-15-11-30(20-36(38)46)40(48)43-53(49,50)28(27)2/h5,9,11-12,14-15,19-20,27-28,31,33-34,37H,3-4,6-8,10,13,16-18,21-26H2,1-2H3,(H,43,48)/b9-5+/t27-,28+,31-,34+,37-,41-/m0/s1. The van der Waals surface area contributed by atoms with Gasteiger partial charge in [0.2, 0.25) is 15.9 Å². The smallest absolute Gasteiger partial charge is 0.264 e. The third-order valence-corrected chi connectivity index (χ3v) is 15.4. The van der Waals surface area contributed by atoms with E-state index in [0.29, 0.717) is 37.9 Å². The number of carbonyl (C=O) groups is 2. The molecule has 2 amide bonds. The summed E-state index contributed by atoms with van der Waals surface area (Å²) < 4.78 is 42.5. The van der Waals surface area contributed by atoms with E-state index in [0.717, 1.165) is 69.0 Å². The van der Waals surface area contributed by atoms with Crippen molar-refractivity contribution < 1.29 is 27.5 Å². The number of aryl methyl sites for hydroxylation is 1. The molecule has 0 radical (unpaired) electrons. The number of allylic oxidation sites excluding steroid dienone is 1. The molecule has 4 heterocycles. The Balaban J connectivity index is 1.09. The van der Waals surface area contributed by atoms with Crippen LogP contribution in [0.4, 0.5) is 5.69 Å². The van der Waals surface area contributed by atoms with Crippen LogP contribution in [0.3, 0.4) is 0 Å². The summed E-state index contributed by atoms with van der Waals surface area (Å²) in [5, 5.41) is -0.0786. The summed E-state index contributed by atoms with van der Waals surface area (Å²) in [6.45, 7) is 9.24. The first-order valence-electron chi connectivity index (χ1n) is 19.7. The minimum absolute atomic E-state index is 0.0313. The second kappa shape index (κ2) is 14.8. The first-order chi connectivity index (χ1) is 25.5. The van der Waals surface area contributed by atoms with Crippen molar-refractivity contribution >= 4 is 39.1 Å². The molecule has 2 aromatic carbocycles. The molecule has 2 saturated heterocycles. The second-order valence-corrected chi connectivity index (χ2v) is 19.1. The van der Waals surface area contributed by atoms with Gasteiger partial charge in [-0.1, -0.05) is 36.7 Å². The SMILES string of the molecule is C[C@@H]1[C@@H](C)C/C=C/[C@H](OCC(=O)N2CC(N3CCCC3)C2)[C@@H]2CC[C@H]2CN2C[C@@]3(CCCc4cc(Cl)ccc43)COc3ccc(cc32)C(=O)NS1(=O)=O. The number of ether oxygens (including phenoxy) is 2. The van der Waals surface area contributed by atoms with E-state index in [-0.39, 0.29) is 47.4 Å². The number of nitrogens with one attached hydrogen (secondary N) is 1. The monoisotopic (exact) mass is 764 g/mol. The van der Waals surface area contributed by atoms with Crippen LogP contribution in [0.5, 0.6) is 5.75 Å². The van der Waals surface area contributed by atoms with Gasteiger partial charge in [-0.15, -0.1) is 0 Å². The van der Waals surface area contributed by atoms with E-state index >= 15 is 0 Å². The minimum Gasteiger partial charge on any atom is -0.490 e. The molecule has 3 fully saturated rings. The molecule has 1 saturated carbocycles. The number of hydrogen-bond donors (Lipinski definition) is 1. The summed E-state index contributed by atoms with van der Waals surface area (Å²) in [4.78, 5) is 33.7. The number of likely N-dealkylation sites (tertiary alicyclic amines) is 2. The molecule has 6 atom stereocenters. The number of fused-ring (bicyclic) bond motifs is 4. The van der Waals surface area contributed by atoms with Crippen LogP contribution in [-0.2, 0) is 31.4 Å². The number of nitrogens with zero attached hydrogens (tertiary/aromatic N) is 3. The highest BCUT2D eigenvalue weighted by Crippen LogP contribution is 2.47. The second-order valence-electron chi connectivity index (χ2n) is 16.6. The Morgan fingerprint density at radius 2 is 1.87 bits per heavy atom. The van der Waals surface area contributed by atoms with Gasteiger partial charge in [-0.2, -0.15) is 0 Å². The van der Waals surface area contributed by atoms with Crippen molar-refractivity contribution in [2.75, 3.05) is 57.4 Å². The van der Waals surface area contributed by atoms with Crippen molar-refractivity contribution in [2.24, 2.45) is 17.8 Å². The van der Waals surface area contributed by atoms with Crippen LogP contribution in [-0.4, -0.2) is 99.9 Å². The Morgan fingerprint density at radius 1 is 1.06 bits per heavy atom. The van der Waals surface area contributed by atoms with E-state index in [4.69, 9.17) is 21.1 Å². The number of carbonyl (C=O) groups excluding carboxylic acids is 2. The van der Waals surface area contributed by atoms with Crippen LogP contribution < -0.4 is 14.4 Å². The first-order valence-corrected chi connectivity index (χ1v) is 21.6. The highest BCUT2D eigenvalue weighted by atomic mass is 35.5. The van der Waals surface area contributed by atoms with Crippen molar-refractivity contribution in [3.05, 3.63) is 70.3 Å². The highest BCUT2D eigenvalue weighted by molar-refractivity contribution is 7.90. The van der Waals surface area contributed by atoms with Crippen molar-refractivity contribution in [3.63, 3.8) is 0 Å². The Labute approximate surface area is 319 Å². The van der Waals surface area contributed by atoms with Crippen LogP contribution in [0.2, 0.25) is 5.02 Å². The van der Waals surface area contributed by atoms with Gasteiger partial charge in [-0.25, -0.2) is 13.1 Å². The van der Waals surface area contributed by atoms with Gasteiger partial charge in [0.1, 0.15) is 12.4 Å². The number of hydrogen-bond acceptors (Lipinski definition) is 8. The van der Waals surface area contributed by atoms with Crippen molar-refractivity contribution in [3.8, 4) is 5.75 Å². The van der Waals surface area contributed by atoms with Gasteiger partial charge in [0.25, 0.3) is 5.91 Å². The van der Waals surface area contributed by atoms with Crippen LogP contribution in [0, 0.1) is 17.8 Å². The molecule has 0 unspecified atom stereocenters. The van der Waals surface area contributed by atoms with Gasteiger partial charge in [0.15, 0.2) is 0 Å². The summed E-state index contributed by atoms with van der Waals surface area (Å²) in [5.74, 6) is 0.283. The number of anilines is 1. The van der Waals surface area contributed by atoms with E-state index in [1.165, 1.54) is 24.0 Å². The molecule has 1 spiro atoms. The zero-order chi connectivity index (χ0) is 36.9. The number of rotatable bonds is 4. The Kier molecular flexibility index (Phi) is 10.3. The summed E-state index contributed by atoms with van der Waals surface area (Å²) in [6.07, 6.45) is 11.7. The van der Waals surface area contributed by atoms with Gasteiger partial charge < -0.3 is 19.3 Å². The van der Waals surface area contributed by atoms with Crippen molar-refractivity contribution in [1.29, 1.82) is 0 Å². The lowest BCUT2D eigenvalue weighted by Gasteiger charge is -2.46. The fraction of sp³-hybridized carbons (Fsp3) is 0.610. The van der Waals surface area contributed by atoms with E-state index in [2.05, 4.69) is 32.7 Å². The van der Waals surface area contributed by atoms with E-state index in [9.17, 15) is 18.0 Å². The molecular weight excluding hydrogens is 712 g/mol. The van der Waals surface area contributed by atoms with Crippen molar-refractivity contribution in [1.82, 2.24) is 14.5 Å². The lowest BCUT2D eigenvalue weighted by molar-refractivity contribution is -0.146. The number of halogens is 1. The maximum absolute atomic E-state index is 13.6. The summed E-state index contributed by atoms with van der Waals surface area (Å²) in [6, 6.07) is 11.9. The molecule has 2 aromatic rings. The van der Waals surface area contributed by atoms with E-state index < -0.39 is 21.2 Å². The van der Waals surface area contributed by atoms with E-state index in [1.807, 2.05) is 30.0 Å². The Hall–Kier alpha value is -3.12. The molecule has 6 aliphatic rings.